The number of carbonyl (C=O) groups is 3. The molecule has 0 saturated heterocycles. The van der Waals surface area contributed by atoms with E-state index in [-0.39, 0.29) is 58.4 Å². The molecule has 34 heavy (non-hydrogen) atoms. The molecule has 1 aliphatic rings. The summed E-state index contributed by atoms with van der Waals surface area (Å²) >= 11 is 0. The molecule has 5 heteroatoms. The number of esters is 1. The molecule has 0 bridgehead atoms. The standard InChI is InChI=1S/C29H46O5/c1-10-12-23(30)34-29-22(14-13-17(3)4)27(32)24(21(15-18(5)6)16-19(7)8)28(33)25(29)26(31)20(9)11-2/h17-20,33H,10-16H2,1-9H3. The van der Waals surface area contributed by atoms with Crippen LogP contribution in [0.3, 0.4) is 0 Å². The molecule has 0 aromatic heterocycles. The number of ether oxygens (including phenoxy) is 1. The van der Waals surface area contributed by atoms with Crippen molar-refractivity contribution in [1.82, 2.24) is 0 Å². The highest BCUT2D eigenvalue weighted by Gasteiger charge is 2.39. The molecular weight excluding hydrogens is 428 g/mol. The fourth-order valence-electron chi connectivity index (χ4n) is 4.15. The van der Waals surface area contributed by atoms with E-state index < -0.39 is 5.97 Å². The molecule has 5 nitrogen and oxygen atoms in total. The Hall–Kier alpha value is -2.17. The first kappa shape index (κ1) is 29.9. The van der Waals surface area contributed by atoms with Gasteiger partial charge in [-0.15, -0.1) is 0 Å². The van der Waals surface area contributed by atoms with Crippen LogP contribution in [0.25, 0.3) is 0 Å². The molecular formula is C29H46O5. The summed E-state index contributed by atoms with van der Waals surface area (Å²) in [5.74, 6) is -0.940. The van der Waals surface area contributed by atoms with Gasteiger partial charge in [0.15, 0.2) is 17.3 Å². The summed E-state index contributed by atoms with van der Waals surface area (Å²) in [7, 11) is 0. The number of hydrogen-bond acceptors (Lipinski definition) is 5. The number of rotatable bonds is 13. The number of hydrogen-bond donors (Lipinski definition) is 1. The van der Waals surface area contributed by atoms with E-state index in [4.69, 9.17) is 4.74 Å². The molecule has 0 heterocycles. The average Bonchev–Trinajstić information content (AvgIpc) is 2.71. The highest BCUT2D eigenvalue weighted by molar-refractivity contribution is 6.18. The molecule has 1 rings (SSSR count). The van der Waals surface area contributed by atoms with Gasteiger partial charge in [0, 0.05) is 17.9 Å². The van der Waals surface area contributed by atoms with Crippen molar-refractivity contribution in [2.75, 3.05) is 0 Å². The third-order valence-electron chi connectivity index (χ3n) is 6.09. The lowest BCUT2D eigenvalue weighted by atomic mass is 9.78. The van der Waals surface area contributed by atoms with Gasteiger partial charge in [-0.25, -0.2) is 0 Å². The Balaban J connectivity index is 3.96. The van der Waals surface area contributed by atoms with E-state index in [9.17, 15) is 19.5 Å². The first-order chi connectivity index (χ1) is 15.8. The van der Waals surface area contributed by atoms with Gasteiger partial charge >= 0.3 is 5.97 Å². The lowest BCUT2D eigenvalue weighted by molar-refractivity contribution is -0.139. The van der Waals surface area contributed by atoms with Crippen LogP contribution in [0.4, 0.5) is 0 Å². The first-order valence-electron chi connectivity index (χ1n) is 13.0. The monoisotopic (exact) mass is 474 g/mol. The van der Waals surface area contributed by atoms with Gasteiger partial charge in [0.2, 0.25) is 0 Å². The van der Waals surface area contributed by atoms with Crippen LogP contribution in [-0.2, 0) is 19.1 Å². The zero-order chi connectivity index (χ0) is 26.2. The predicted molar refractivity (Wildman–Crippen MR) is 137 cm³/mol. The van der Waals surface area contributed by atoms with Crippen LogP contribution < -0.4 is 0 Å². The molecule has 192 valence electrons. The molecule has 0 aromatic carbocycles. The Kier molecular flexibility index (Phi) is 12.0. The van der Waals surface area contributed by atoms with Crippen molar-refractivity contribution in [2.45, 2.75) is 107 Å². The molecule has 1 aliphatic carbocycles. The van der Waals surface area contributed by atoms with Gasteiger partial charge in [-0.1, -0.05) is 67.9 Å². The predicted octanol–water partition coefficient (Wildman–Crippen LogP) is 7.42. The van der Waals surface area contributed by atoms with Crippen LogP contribution >= 0.6 is 0 Å². The summed E-state index contributed by atoms with van der Waals surface area (Å²) in [5, 5.41) is 11.5. The third kappa shape index (κ3) is 7.95. The number of allylic oxidation sites excluding steroid dienone is 4. The molecule has 1 N–H and O–H groups in total. The molecule has 0 aromatic rings. The molecule has 0 saturated carbocycles. The summed E-state index contributed by atoms with van der Waals surface area (Å²) in [4.78, 5) is 39.9. The van der Waals surface area contributed by atoms with Crippen molar-refractivity contribution < 1.29 is 24.2 Å². The minimum absolute atomic E-state index is 0.00262. The summed E-state index contributed by atoms with van der Waals surface area (Å²) in [6.45, 7) is 18.0. The Labute approximate surface area is 206 Å². The highest BCUT2D eigenvalue weighted by Crippen LogP contribution is 2.40. The van der Waals surface area contributed by atoms with Crippen molar-refractivity contribution in [3.05, 3.63) is 33.8 Å². The highest BCUT2D eigenvalue weighted by atomic mass is 16.5. The molecule has 0 radical (unpaired) electrons. The summed E-state index contributed by atoms with van der Waals surface area (Å²) in [6.07, 6.45) is 3.73. The van der Waals surface area contributed by atoms with Crippen molar-refractivity contribution in [2.24, 2.45) is 23.7 Å². The Morgan fingerprint density at radius 1 is 0.912 bits per heavy atom. The van der Waals surface area contributed by atoms with Crippen LogP contribution in [0.5, 0.6) is 0 Å². The number of Topliss-reactive ketones (excluding diaryl/α,β-unsaturated/α-hetero) is 2. The van der Waals surface area contributed by atoms with Crippen molar-refractivity contribution in [1.29, 1.82) is 0 Å². The zero-order valence-electron chi connectivity index (χ0n) is 22.8. The van der Waals surface area contributed by atoms with Crippen molar-refractivity contribution >= 4 is 17.5 Å². The second-order valence-corrected chi connectivity index (χ2v) is 10.9. The quantitative estimate of drug-likeness (QED) is 0.222. The Morgan fingerprint density at radius 3 is 1.91 bits per heavy atom. The minimum atomic E-state index is -0.494. The maximum absolute atomic E-state index is 13.9. The van der Waals surface area contributed by atoms with Crippen molar-refractivity contribution in [3.63, 3.8) is 0 Å². The average molecular weight is 475 g/mol. The molecule has 1 unspecified atom stereocenters. The summed E-state index contributed by atoms with van der Waals surface area (Å²) in [6, 6.07) is 0. The zero-order valence-corrected chi connectivity index (χ0v) is 22.8. The van der Waals surface area contributed by atoms with Crippen LogP contribution in [0.2, 0.25) is 0 Å². The van der Waals surface area contributed by atoms with Gasteiger partial charge in [-0.2, -0.15) is 0 Å². The maximum atomic E-state index is 13.9. The van der Waals surface area contributed by atoms with Crippen LogP contribution in [-0.4, -0.2) is 22.6 Å². The Morgan fingerprint density at radius 2 is 1.47 bits per heavy atom. The number of aliphatic hydroxyl groups excluding tert-OH is 1. The molecule has 1 atom stereocenters. The third-order valence-corrected chi connectivity index (χ3v) is 6.09. The summed E-state index contributed by atoms with van der Waals surface area (Å²) < 4.78 is 5.69. The molecule has 0 aliphatic heterocycles. The second-order valence-electron chi connectivity index (χ2n) is 10.9. The lowest BCUT2D eigenvalue weighted by Crippen LogP contribution is -2.29. The summed E-state index contributed by atoms with van der Waals surface area (Å²) in [5.41, 5.74) is 1.44. The van der Waals surface area contributed by atoms with Gasteiger partial charge in [0.1, 0.15) is 11.3 Å². The van der Waals surface area contributed by atoms with E-state index in [1.807, 2.05) is 13.8 Å². The van der Waals surface area contributed by atoms with E-state index in [0.717, 1.165) is 5.57 Å². The molecule has 0 fully saturated rings. The topological polar surface area (TPSA) is 80.7 Å². The fourth-order valence-corrected chi connectivity index (χ4v) is 4.15. The lowest BCUT2D eigenvalue weighted by Gasteiger charge is -2.28. The largest absolute Gasteiger partial charge is 0.506 e. The molecule has 0 amide bonds. The van der Waals surface area contributed by atoms with Gasteiger partial charge in [0.05, 0.1) is 5.57 Å². The fraction of sp³-hybridized carbons (Fsp3) is 0.690. The van der Waals surface area contributed by atoms with E-state index in [1.54, 1.807) is 6.92 Å². The number of aliphatic hydroxyl groups is 1. The Bertz CT molecular complexity index is 840. The van der Waals surface area contributed by atoms with Crippen molar-refractivity contribution in [3.8, 4) is 0 Å². The van der Waals surface area contributed by atoms with E-state index in [2.05, 4.69) is 41.5 Å². The van der Waals surface area contributed by atoms with Gasteiger partial charge in [-0.3, -0.25) is 14.4 Å². The first-order valence-corrected chi connectivity index (χ1v) is 13.0. The van der Waals surface area contributed by atoms with E-state index in [0.29, 0.717) is 50.0 Å². The van der Waals surface area contributed by atoms with Crippen LogP contribution in [0.15, 0.2) is 33.8 Å². The minimum Gasteiger partial charge on any atom is -0.506 e. The SMILES string of the molecule is CCCC(=O)OC1=C(CCC(C)C)C(=O)C(=C(CC(C)C)CC(C)C)C(O)=C1C(=O)C(C)CC. The van der Waals surface area contributed by atoms with Gasteiger partial charge < -0.3 is 9.84 Å². The van der Waals surface area contributed by atoms with Crippen LogP contribution in [0.1, 0.15) is 107 Å². The molecule has 0 spiro atoms. The second kappa shape index (κ2) is 13.7. The van der Waals surface area contributed by atoms with Crippen LogP contribution in [0, 0.1) is 23.7 Å². The van der Waals surface area contributed by atoms with Gasteiger partial charge in [-0.05, 0) is 56.3 Å². The number of carbonyl (C=O) groups excluding carboxylic acids is 3. The number of ketones is 2. The normalized spacial score (nSPS) is 15.6. The smallest absolute Gasteiger partial charge is 0.311 e. The van der Waals surface area contributed by atoms with E-state index >= 15 is 0 Å². The van der Waals surface area contributed by atoms with Gasteiger partial charge in [0.25, 0.3) is 0 Å². The van der Waals surface area contributed by atoms with E-state index in [1.165, 1.54) is 0 Å². The maximum Gasteiger partial charge on any atom is 0.311 e.